The first-order chi connectivity index (χ1) is 11.0. The lowest BCUT2D eigenvalue weighted by molar-refractivity contribution is 0.0394. The predicted molar refractivity (Wildman–Crippen MR) is 114 cm³/mol. The number of morpholine rings is 1. The molecule has 1 aliphatic rings. The van der Waals surface area contributed by atoms with Gasteiger partial charge in [-0.1, -0.05) is 0 Å². The molecule has 0 atom stereocenters. The Bertz CT molecular complexity index is 325. The van der Waals surface area contributed by atoms with Gasteiger partial charge in [-0.3, -0.25) is 14.8 Å². The molecule has 0 bridgehead atoms. The van der Waals surface area contributed by atoms with Crippen LogP contribution in [0.4, 0.5) is 0 Å². The molecule has 1 fully saturated rings. The van der Waals surface area contributed by atoms with Gasteiger partial charge in [0.05, 0.1) is 19.8 Å². The van der Waals surface area contributed by atoms with Crippen LogP contribution < -0.4 is 10.6 Å². The van der Waals surface area contributed by atoms with Gasteiger partial charge in [0.1, 0.15) is 0 Å². The molecule has 0 amide bonds. The minimum absolute atomic E-state index is 0. The fourth-order valence-electron chi connectivity index (χ4n) is 2.89. The summed E-state index contributed by atoms with van der Waals surface area (Å²) in [5, 5.41) is 6.78. The summed E-state index contributed by atoms with van der Waals surface area (Å²) in [5.74, 6) is 0.924. The maximum Gasteiger partial charge on any atom is 0.191 e. The van der Waals surface area contributed by atoms with Crippen molar-refractivity contribution in [1.29, 1.82) is 0 Å². The smallest absolute Gasteiger partial charge is 0.191 e. The van der Waals surface area contributed by atoms with Crippen molar-refractivity contribution in [2.75, 3.05) is 59.0 Å². The van der Waals surface area contributed by atoms with Crippen molar-refractivity contribution in [3.8, 4) is 0 Å². The molecule has 144 valence electrons. The molecule has 0 aromatic carbocycles. The Kier molecular flexibility index (Phi) is 14.0. The van der Waals surface area contributed by atoms with Crippen LogP contribution in [0.1, 0.15) is 34.6 Å². The molecule has 0 spiro atoms. The zero-order valence-electron chi connectivity index (χ0n) is 16.2. The third-order valence-electron chi connectivity index (χ3n) is 4.12. The molecule has 1 rings (SSSR count). The normalized spacial score (nSPS) is 16.6. The highest BCUT2D eigenvalue weighted by molar-refractivity contribution is 14.0. The van der Waals surface area contributed by atoms with Crippen molar-refractivity contribution in [2.24, 2.45) is 4.99 Å². The summed E-state index contributed by atoms with van der Waals surface area (Å²) >= 11 is 0. The first-order valence-corrected chi connectivity index (χ1v) is 9.12. The van der Waals surface area contributed by atoms with Gasteiger partial charge in [-0.25, -0.2) is 0 Å². The van der Waals surface area contributed by atoms with Gasteiger partial charge >= 0.3 is 0 Å². The molecule has 1 heterocycles. The van der Waals surface area contributed by atoms with Crippen molar-refractivity contribution in [3.63, 3.8) is 0 Å². The quantitative estimate of drug-likeness (QED) is 0.315. The maximum absolute atomic E-state index is 5.37. The zero-order chi connectivity index (χ0) is 17.1. The largest absolute Gasteiger partial charge is 0.379 e. The van der Waals surface area contributed by atoms with E-state index < -0.39 is 0 Å². The number of hydrogen-bond donors (Lipinski definition) is 2. The van der Waals surface area contributed by atoms with Gasteiger partial charge in [-0.15, -0.1) is 24.0 Å². The monoisotopic (exact) mass is 455 g/mol. The van der Waals surface area contributed by atoms with E-state index in [-0.39, 0.29) is 24.0 Å². The molecule has 6 nitrogen and oxygen atoms in total. The number of ether oxygens (including phenoxy) is 1. The average Bonchev–Trinajstić information content (AvgIpc) is 2.51. The molecule has 0 aliphatic carbocycles. The molecule has 0 unspecified atom stereocenters. The van der Waals surface area contributed by atoms with Crippen LogP contribution in [0.15, 0.2) is 4.99 Å². The van der Waals surface area contributed by atoms with Gasteiger partial charge < -0.3 is 15.4 Å². The number of nitrogens with one attached hydrogen (secondary N) is 2. The summed E-state index contributed by atoms with van der Waals surface area (Å²) in [5.41, 5.74) is 0. The molecule has 1 saturated heterocycles. The number of aliphatic imine (C=N–C) groups is 1. The maximum atomic E-state index is 5.37. The van der Waals surface area contributed by atoms with E-state index in [9.17, 15) is 0 Å². The first kappa shape index (κ1) is 23.9. The van der Waals surface area contributed by atoms with Crippen LogP contribution >= 0.6 is 24.0 Å². The van der Waals surface area contributed by atoms with Crippen LogP contribution in [0.2, 0.25) is 0 Å². The van der Waals surface area contributed by atoms with Gasteiger partial charge in [0, 0.05) is 51.4 Å². The van der Waals surface area contributed by atoms with Crippen LogP contribution in [0.5, 0.6) is 0 Å². The van der Waals surface area contributed by atoms with Crippen LogP contribution in [-0.2, 0) is 4.74 Å². The Morgan fingerprint density at radius 3 is 2.29 bits per heavy atom. The number of halogens is 1. The summed E-state index contributed by atoms with van der Waals surface area (Å²) in [7, 11) is 0. The summed E-state index contributed by atoms with van der Waals surface area (Å²) < 4.78 is 5.37. The number of hydrogen-bond acceptors (Lipinski definition) is 4. The standard InChI is InChI=1S/C17H37N5O.HI/c1-6-18-17(19-7-9-21-11-13-23-14-12-21)20-8-10-22(15(2)3)16(4)5;/h15-16H,6-14H2,1-5H3,(H2,18,19,20);1H. The summed E-state index contributed by atoms with van der Waals surface area (Å²) in [6, 6.07) is 1.13. The molecular weight excluding hydrogens is 417 g/mol. The Balaban J connectivity index is 0.00000529. The van der Waals surface area contributed by atoms with E-state index in [1.54, 1.807) is 0 Å². The third-order valence-corrected chi connectivity index (χ3v) is 4.12. The van der Waals surface area contributed by atoms with Crippen LogP contribution in [0.3, 0.4) is 0 Å². The number of guanidine groups is 1. The fourth-order valence-corrected chi connectivity index (χ4v) is 2.89. The highest BCUT2D eigenvalue weighted by Gasteiger charge is 2.13. The second-order valence-corrected chi connectivity index (χ2v) is 6.57. The van der Waals surface area contributed by atoms with E-state index in [1.165, 1.54) is 0 Å². The van der Waals surface area contributed by atoms with Crippen molar-refractivity contribution >= 4 is 29.9 Å². The van der Waals surface area contributed by atoms with Crippen LogP contribution in [0, 0.1) is 0 Å². The Morgan fingerprint density at radius 2 is 1.75 bits per heavy atom. The van der Waals surface area contributed by atoms with Crippen molar-refractivity contribution in [2.45, 2.75) is 46.7 Å². The van der Waals surface area contributed by atoms with E-state index >= 15 is 0 Å². The molecule has 0 saturated carbocycles. The lowest BCUT2D eigenvalue weighted by Crippen LogP contribution is -2.45. The molecule has 2 N–H and O–H groups in total. The predicted octanol–water partition coefficient (Wildman–Crippen LogP) is 1.61. The Labute approximate surface area is 165 Å². The summed E-state index contributed by atoms with van der Waals surface area (Å²) in [6.45, 7) is 19.5. The topological polar surface area (TPSA) is 52.1 Å². The number of nitrogens with zero attached hydrogens (tertiary/aromatic N) is 3. The van der Waals surface area contributed by atoms with E-state index in [0.717, 1.165) is 65.0 Å². The second-order valence-electron chi connectivity index (χ2n) is 6.57. The molecule has 0 aromatic heterocycles. The number of rotatable bonds is 9. The fraction of sp³-hybridized carbons (Fsp3) is 0.941. The Morgan fingerprint density at radius 1 is 1.12 bits per heavy atom. The molecular formula is C17H38IN5O. The molecule has 0 radical (unpaired) electrons. The minimum atomic E-state index is 0. The SMILES string of the molecule is CCNC(=NCCN1CCOCC1)NCCN(C(C)C)C(C)C.I. The van der Waals surface area contributed by atoms with Crippen LogP contribution in [-0.4, -0.2) is 86.9 Å². The van der Waals surface area contributed by atoms with Gasteiger partial charge in [-0.05, 0) is 34.6 Å². The van der Waals surface area contributed by atoms with E-state index in [1.807, 2.05) is 0 Å². The van der Waals surface area contributed by atoms with E-state index in [2.05, 4.69) is 60.0 Å². The highest BCUT2D eigenvalue weighted by atomic mass is 127. The van der Waals surface area contributed by atoms with E-state index in [4.69, 9.17) is 4.74 Å². The second kappa shape index (κ2) is 14.1. The van der Waals surface area contributed by atoms with Crippen molar-refractivity contribution in [1.82, 2.24) is 20.4 Å². The molecule has 0 aromatic rings. The van der Waals surface area contributed by atoms with Gasteiger partial charge in [-0.2, -0.15) is 0 Å². The van der Waals surface area contributed by atoms with Gasteiger partial charge in [0.2, 0.25) is 0 Å². The molecule has 7 heteroatoms. The van der Waals surface area contributed by atoms with Gasteiger partial charge in [0.25, 0.3) is 0 Å². The molecule has 24 heavy (non-hydrogen) atoms. The van der Waals surface area contributed by atoms with Gasteiger partial charge in [0.15, 0.2) is 5.96 Å². The van der Waals surface area contributed by atoms with Crippen molar-refractivity contribution in [3.05, 3.63) is 0 Å². The lowest BCUT2D eigenvalue weighted by atomic mass is 10.2. The van der Waals surface area contributed by atoms with E-state index in [0.29, 0.717) is 12.1 Å². The molecule has 1 aliphatic heterocycles. The zero-order valence-corrected chi connectivity index (χ0v) is 18.5. The third kappa shape index (κ3) is 10.0. The first-order valence-electron chi connectivity index (χ1n) is 9.12. The van der Waals surface area contributed by atoms with Crippen LogP contribution in [0.25, 0.3) is 0 Å². The minimum Gasteiger partial charge on any atom is -0.379 e. The van der Waals surface area contributed by atoms with Crippen molar-refractivity contribution < 1.29 is 4.74 Å². The average molecular weight is 455 g/mol. The lowest BCUT2D eigenvalue weighted by Gasteiger charge is -2.30. The summed E-state index contributed by atoms with van der Waals surface area (Å²) in [6.07, 6.45) is 0. The highest BCUT2D eigenvalue weighted by Crippen LogP contribution is 2.03. The summed E-state index contributed by atoms with van der Waals surface area (Å²) in [4.78, 5) is 9.59. The Hall–Kier alpha value is -0.120.